The number of hydrogen-bond acceptors (Lipinski definition) is 4. The summed E-state index contributed by atoms with van der Waals surface area (Å²) < 4.78 is 5.29. The van der Waals surface area contributed by atoms with Crippen LogP contribution in [0.15, 0.2) is 33.8 Å². The van der Waals surface area contributed by atoms with Crippen molar-refractivity contribution >= 4 is 5.96 Å². The van der Waals surface area contributed by atoms with E-state index >= 15 is 0 Å². The first kappa shape index (κ1) is 21.4. The van der Waals surface area contributed by atoms with Gasteiger partial charge in [-0.05, 0) is 50.9 Å². The lowest BCUT2D eigenvalue weighted by atomic mass is 10.00. The van der Waals surface area contributed by atoms with E-state index in [0.717, 1.165) is 37.0 Å². The third-order valence-electron chi connectivity index (χ3n) is 5.72. The third-order valence-corrected chi connectivity index (χ3v) is 5.72. The SMILES string of the molecule is CN=C(NCc1ccc(CN2CCCCC2)cc1)NCC(C)c1c(C)noc1C. The largest absolute Gasteiger partial charge is 0.361 e. The van der Waals surface area contributed by atoms with E-state index in [1.807, 2.05) is 13.8 Å². The molecule has 0 saturated carbocycles. The van der Waals surface area contributed by atoms with Crippen LogP contribution in [0.1, 0.15) is 60.2 Å². The van der Waals surface area contributed by atoms with Gasteiger partial charge in [-0.25, -0.2) is 0 Å². The van der Waals surface area contributed by atoms with E-state index < -0.39 is 0 Å². The van der Waals surface area contributed by atoms with Crippen LogP contribution in [0.25, 0.3) is 0 Å². The smallest absolute Gasteiger partial charge is 0.191 e. The van der Waals surface area contributed by atoms with Crippen LogP contribution in [0.2, 0.25) is 0 Å². The highest BCUT2D eigenvalue weighted by atomic mass is 16.5. The van der Waals surface area contributed by atoms with E-state index in [4.69, 9.17) is 4.52 Å². The fraction of sp³-hybridized carbons (Fsp3) is 0.565. The molecule has 1 aromatic carbocycles. The number of hydrogen-bond donors (Lipinski definition) is 2. The summed E-state index contributed by atoms with van der Waals surface area (Å²) in [5.41, 5.74) is 4.79. The van der Waals surface area contributed by atoms with Gasteiger partial charge in [-0.1, -0.05) is 42.8 Å². The summed E-state index contributed by atoms with van der Waals surface area (Å²) >= 11 is 0. The van der Waals surface area contributed by atoms with Crippen molar-refractivity contribution in [2.24, 2.45) is 4.99 Å². The van der Waals surface area contributed by atoms with Crippen LogP contribution in [0.4, 0.5) is 0 Å². The van der Waals surface area contributed by atoms with E-state index in [1.54, 1.807) is 7.05 Å². The highest BCUT2D eigenvalue weighted by Gasteiger charge is 2.16. The third kappa shape index (κ3) is 6.07. The Morgan fingerprint density at radius 3 is 2.41 bits per heavy atom. The topological polar surface area (TPSA) is 65.7 Å². The van der Waals surface area contributed by atoms with Gasteiger partial charge in [0.1, 0.15) is 5.76 Å². The molecule has 1 fully saturated rings. The molecule has 1 unspecified atom stereocenters. The molecular weight excluding hydrogens is 362 g/mol. The van der Waals surface area contributed by atoms with Crippen LogP contribution in [-0.2, 0) is 13.1 Å². The summed E-state index contributed by atoms with van der Waals surface area (Å²) in [7, 11) is 1.80. The molecule has 3 rings (SSSR count). The molecule has 6 heteroatoms. The number of likely N-dealkylation sites (tertiary alicyclic amines) is 1. The molecule has 2 aromatic rings. The maximum absolute atomic E-state index is 5.29. The fourth-order valence-corrected chi connectivity index (χ4v) is 4.09. The maximum Gasteiger partial charge on any atom is 0.191 e. The molecule has 1 saturated heterocycles. The zero-order chi connectivity index (χ0) is 20.6. The van der Waals surface area contributed by atoms with E-state index in [0.29, 0.717) is 5.92 Å². The minimum atomic E-state index is 0.300. The number of benzene rings is 1. The Labute approximate surface area is 174 Å². The number of aromatic nitrogens is 1. The van der Waals surface area contributed by atoms with Gasteiger partial charge in [-0.15, -0.1) is 0 Å². The van der Waals surface area contributed by atoms with Crippen LogP contribution in [0.3, 0.4) is 0 Å². The second-order valence-corrected chi connectivity index (χ2v) is 8.10. The number of nitrogens with one attached hydrogen (secondary N) is 2. The summed E-state index contributed by atoms with van der Waals surface area (Å²) in [4.78, 5) is 6.90. The molecule has 0 aliphatic carbocycles. The zero-order valence-corrected chi connectivity index (χ0v) is 18.3. The molecule has 1 aliphatic heterocycles. The average Bonchev–Trinajstić information content (AvgIpc) is 3.08. The molecule has 158 valence electrons. The Kier molecular flexibility index (Phi) is 7.69. The van der Waals surface area contributed by atoms with Gasteiger partial charge in [0.05, 0.1) is 5.69 Å². The standard InChI is InChI=1S/C23H35N5O/c1-17(22-18(2)27-29-19(22)3)14-25-23(24-4)26-15-20-8-10-21(11-9-20)16-28-12-6-5-7-13-28/h8-11,17H,5-7,12-16H2,1-4H3,(H2,24,25,26). The number of rotatable bonds is 7. The second-order valence-electron chi connectivity index (χ2n) is 8.10. The van der Waals surface area contributed by atoms with Gasteiger partial charge in [-0.2, -0.15) is 0 Å². The highest BCUT2D eigenvalue weighted by Crippen LogP contribution is 2.22. The van der Waals surface area contributed by atoms with E-state index in [1.165, 1.54) is 49.0 Å². The summed E-state index contributed by atoms with van der Waals surface area (Å²) in [6, 6.07) is 8.93. The molecule has 6 nitrogen and oxygen atoms in total. The quantitative estimate of drug-likeness (QED) is 0.550. The van der Waals surface area contributed by atoms with Crippen LogP contribution in [0.5, 0.6) is 0 Å². The minimum Gasteiger partial charge on any atom is -0.361 e. The van der Waals surface area contributed by atoms with Crippen LogP contribution >= 0.6 is 0 Å². The first-order valence-corrected chi connectivity index (χ1v) is 10.7. The van der Waals surface area contributed by atoms with E-state index in [9.17, 15) is 0 Å². The first-order valence-electron chi connectivity index (χ1n) is 10.7. The molecule has 0 radical (unpaired) electrons. The molecule has 1 atom stereocenters. The molecule has 0 amide bonds. The van der Waals surface area contributed by atoms with Crippen molar-refractivity contribution in [2.75, 3.05) is 26.7 Å². The molecule has 2 heterocycles. The van der Waals surface area contributed by atoms with Crippen molar-refractivity contribution in [1.29, 1.82) is 0 Å². The number of piperidine rings is 1. The molecule has 1 aromatic heterocycles. The Balaban J connectivity index is 1.45. The predicted molar refractivity (Wildman–Crippen MR) is 118 cm³/mol. The van der Waals surface area contributed by atoms with Crippen molar-refractivity contribution in [1.82, 2.24) is 20.7 Å². The van der Waals surface area contributed by atoms with Crippen molar-refractivity contribution in [3.05, 3.63) is 52.4 Å². The summed E-state index contributed by atoms with van der Waals surface area (Å²) in [6.45, 7) is 11.2. The lowest BCUT2D eigenvalue weighted by Gasteiger charge is -2.26. The normalized spacial score (nSPS) is 16.6. The Bertz CT molecular complexity index is 771. The Morgan fingerprint density at radius 2 is 1.79 bits per heavy atom. The Hall–Kier alpha value is -2.34. The van der Waals surface area contributed by atoms with Gasteiger partial charge >= 0.3 is 0 Å². The molecular formula is C23H35N5O. The Morgan fingerprint density at radius 1 is 1.10 bits per heavy atom. The highest BCUT2D eigenvalue weighted by molar-refractivity contribution is 5.79. The van der Waals surface area contributed by atoms with Gasteiger partial charge in [0, 0.05) is 38.2 Å². The van der Waals surface area contributed by atoms with Gasteiger partial charge in [0.2, 0.25) is 0 Å². The lowest BCUT2D eigenvalue weighted by Crippen LogP contribution is -2.38. The van der Waals surface area contributed by atoms with Gasteiger partial charge in [-0.3, -0.25) is 9.89 Å². The van der Waals surface area contributed by atoms with Crippen molar-refractivity contribution in [3.63, 3.8) is 0 Å². The lowest BCUT2D eigenvalue weighted by molar-refractivity contribution is 0.221. The molecule has 2 N–H and O–H groups in total. The average molecular weight is 398 g/mol. The fourth-order valence-electron chi connectivity index (χ4n) is 4.09. The summed E-state index contributed by atoms with van der Waals surface area (Å²) in [5, 5.41) is 10.9. The molecule has 0 spiro atoms. The number of aliphatic imine (C=N–C) groups is 1. The zero-order valence-electron chi connectivity index (χ0n) is 18.3. The van der Waals surface area contributed by atoms with Crippen LogP contribution in [-0.4, -0.2) is 42.7 Å². The van der Waals surface area contributed by atoms with Crippen LogP contribution < -0.4 is 10.6 Å². The summed E-state index contributed by atoms with van der Waals surface area (Å²) in [6.07, 6.45) is 4.05. The van der Waals surface area contributed by atoms with Crippen molar-refractivity contribution in [3.8, 4) is 0 Å². The molecule has 1 aliphatic rings. The summed E-state index contributed by atoms with van der Waals surface area (Å²) in [5.74, 6) is 2.00. The number of aryl methyl sites for hydroxylation is 2. The molecule has 0 bridgehead atoms. The van der Waals surface area contributed by atoms with Gasteiger partial charge in [0.25, 0.3) is 0 Å². The number of nitrogens with zero attached hydrogens (tertiary/aromatic N) is 3. The van der Waals surface area contributed by atoms with Crippen LogP contribution in [0, 0.1) is 13.8 Å². The predicted octanol–water partition coefficient (Wildman–Crippen LogP) is 3.75. The van der Waals surface area contributed by atoms with Gasteiger partial charge in [0.15, 0.2) is 5.96 Å². The van der Waals surface area contributed by atoms with Crippen molar-refractivity contribution < 1.29 is 4.52 Å². The second kappa shape index (κ2) is 10.4. The number of guanidine groups is 1. The monoisotopic (exact) mass is 397 g/mol. The van der Waals surface area contributed by atoms with Gasteiger partial charge < -0.3 is 15.2 Å². The maximum atomic E-state index is 5.29. The van der Waals surface area contributed by atoms with E-state index in [-0.39, 0.29) is 0 Å². The van der Waals surface area contributed by atoms with E-state index in [2.05, 4.69) is 56.9 Å². The first-order chi connectivity index (χ1) is 14.1. The van der Waals surface area contributed by atoms with Crippen molar-refractivity contribution in [2.45, 2.75) is 59.0 Å². The molecule has 29 heavy (non-hydrogen) atoms. The minimum absolute atomic E-state index is 0.300.